The van der Waals surface area contributed by atoms with Gasteiger partial charge in [-0.1, -0.05) is 40.9 Å². The van der Waals surface area contributed by atoms with Gasteiger partial charge in [0.25, 0.3) is 0 Å². The molecule has 0 aliphatic heterocycles. The van der Waals surface area contributed by atoms with Gasteiger partial charge in [-0.3, -0.25) is 4.98 Å². The van der Waals surface area contributed by atoms with Crippen molar-refractivity contribution < 1.29 is 5.11 Å². The second kappa shape index (κ2) is 5.23. The highest BCUT2D eigenvalue weighted by Gasteiger charge is 2.10. The summed E-state index contributed by atoms with van der Waals surface area (Å²) in [5, 5.41) is 10.3. The number of aliphatic hydroxyl groups excluding tert-OH is 1. The number of rotatable bonds is 2. The predicted molar refractivity (Wildman–Crippen MR) is 70.6 cm³/mol. The van der Waals surface area contributed by atoms with Crippen molar-refractivity contribution in [2.24, 2.45) is 0 Å². The monoisotopic (exact) mass is 287 g/mol. The van der Waals surface area contributed by atoms with Crippen molar-refractivity contribution in [1.29, 1.82) is 0 Å². The van der Waals surface area contributed by atoms with Crippen LogP contribution in [0.2, 0.25) is 15.1 Å². The van der Waals surface area contributed by atoms with Crippen LogP contribution >= 0.6 is 34.8 Å². The van der Waals surface area contributed by atoms with E-state index in [0.29, 0.717) is 26.3 Å². The van der Waals surface area contributed by atoms with E-state index in [1.807, 2.05) is 0 Å². The molecule has 0 aliphatic carbocycles. The van der Waals surface area contributed by atoms with Crippen LogP contribution in [0.5, 0.6) is 0 Å². The highest BCUT2D eigenvalue weighted by Crippen LogP contribution is 2.35. The average molecular weight is 289 g/mol. The van der Waals surface area contributed by atoms with Crippen molar-refractivity contribution >= 4 is 34.8 Å². The SMILES string of the molecule is OCc1cccnc1-c1cc(Cl)c(Cl)c(Cl)c1. The third kappa shape index (κ3) is 2.55. The second-order valence-corrected chi connectivity index (χ2v) is 4.62. The van der Waals surface area contributed by atoms with Crippen molar-refractivity contribution in [2.45, 2.75) is 6.61 Å². The van der Waals surface area contributed by atoms with Gasteiger partial charge in [-0.25, -0.2) is 0 Å². The summed E-state index contributed by atoms with van der Waals surface area (Å²) in [4.78, 5) is 4.21. The third-order valence-electron chi connectivity index (χ3n) is 2.32. The van der Waals surface area contributed by atoms with Gasteiger partial charge in [0.15, 0.2) is 0 Å². The molecule has 88 valence electrons. The van der Waals surface area contributed by atoms with Crippen molar-refractivity contribution in [3.63, 3.8) is 0 Å². The molecule has 0 aliphatic rings. The molecule has 0 spiro atoms. The zero-order valence-corrected chi connectivity index (χ0v) is 10.9. The summed E-state index contributed by atoms with van der Waals surface area (Å²) >= 11 is 17.8. The minimum Gasteiger partial charge on any atom is -0.392 e. The van der Waals surface area contributed by atoms with E-state index in [0.717, 1.165) is 5.56 Å². The summed E-state index contributed by atoms with van der Waals surface area (Å²) in [5.74, 6) is 0. The van der Waals surface area contributed by atoms with Gasteiger partial charge in [-0.15, -0.1) is 0 Å². The maximum absolute atomic E-state index is 9.24. The number of hydrogen-bond acceptors (Lipinski definition) is 2. The lowest BCUT2D eigenvalue weighted by Gasteiger charge is -2.08. The molecule has 0 bridgehead atoms. The van der Waals surface area contributed by atoms with E-state index in [-0.39, 0.29) is 6.61 Å². The van der Waals surface area contributed by atoms with Crippen molar-refractivity contribution in [1.82, 2.24) is 4.98 Å². The molecule has 1 aromatic heterocycles. The van der Waals surface area contributed by atoms with Crippen LogP contribution in [0.4, 0.5) is 0 Å². The summed E-state index contributed by atoms with van der Waals surface area (Å²) in [6, 6.07) is 6.90. The normalized spacial score (nSPS) is 10.6. The Hall–Kier alpha value is -0.800. The largest absolute Gasteiger partial charge is 0.392 e. The number of pyridine rings is 1. The molecule has 2 rings (SSSR count). The Balaban J connectivity index is 2.61. The fraction of sp³-hybridized carbons (Fsp3) is 0.0833. The van der Waals surface area contributed by atoms with Crippen LogP contribution < -0.4 is 0 Å². The van der Waals surface area contributed by atoms with Gasteiger partial charge in [0.05, 0.1) is 27.4 Å². The Kier molecular flexibility index (Phi) is 3.89. The van der Waals surface area contributed by atoms with Gasteiger partial charge >= 0.3 is 0 Å². The molecule has 1 heterocycles. The van der Waals surface area contributed by atoms with Crippen molar-refractivity contribution in [3.05, 3.63) is 51.1 Å². The molecule has 0 saturated heterocycles. The molecule has 1 N–H and O–H groups in total. The molecule has 0 fully saturated rings. The van der Waals surface area contributed by atoms with Gasteiger partial charge in [-0.05, 0) is 18.2 Å². The number of halogens is 3. The third-order valence-corrected chi connectivity index (χ3v) is 3.52. The molecule has 0 unspecified atom stereocenters. The van der Waals surface area contributed by atoms with E-state index in [9.17, 15) is 5.11 Å². The molecule has 1 aromatic carbocycles. The van der Waals surface area contributed by atoms with Gasteiger partial charge < -0.3 is 5.11 Å². The Morgan fingerprint density at radius 3 is 2.35 bits per heavy atom. The molecule has 0 atom stereocenters. The van der Waals surface area contributed by atoms with Gasteiger partial charge in [0.1, 0.15) is 0 Å². The van der Waals surface area contributed by atoms with E-state index < -0.39 is 0 Å². The van der Waals surface area contributed by atoms with Gasteiger partial charge in [-0.2, -0.15) is 0 Å². The Labute approximate surface area is 114 Å². The summed E-state index contributed by atoms with van der Waals surface area (Å²) in [7, 11) is 0. The summed E-state index contributed by atoms with van der Waals surface area (Å²) in [6.45, 7) is -0.0962. The highest BCUT2D eigenvalue weighted by molar-refractivity contribution is 6.48. The minimum absolute atomic E-state index is 0.0962. The van der Waals surface area contributed by atoms with Gasteiger partial charge in [0, 0.05) is 17.3 Å². The Morgan fingerprint density at radius 1 is 1.12 bits per heavy atom. The fourth-order valence-corrected chi connectivity index (χ4v) is 2.11. The van der Waals surface area contributed by atoms with Crippen LogP contribution in [0.3, 0.4) is 0 Å². The maximum Gasteiger partial charge on any atom is 0.0778 e. The first-order chi connectivity index (χ1) is 8.13. The molecular formula is C12H8Cl3NO. The van der Waals surface area contributed by atoms with Crippen molar-refractivity contribution in [3.8, 4) is 11.3 Å². The van der Waals surface area contributed by atoms with Crippen LogP contribution in [-0.2, 0) is 6.61 Å². The predicted octanol–water partition coefficient (Wildman–Crippen LogP) is 4.20. The van der Waals surface area contributed by atoms with E-state index >= 15 is 0 Å². The van der Waals surface area contributed by atoms with Crippen LogP contribution in [0.1, 0.15) is 5.56 Å². The first-order valence-corrected chi connectivity index (χ1v) is 5.96. The molecule has 0 radical (unpaired) electrons. The molecule has 0 amide bonds. The van der Waals surface area contributed by atoms with E-state index in [1.54, 1.807) is 30.5 Å². The number of hydrogen-bond donors (Lipinski definition) is 1. The van der Waals surface area contributed by atoms with Gasteiger partial charge in [0.2, 0.25) is 0 Å². The lowest BCUT2D eigenvalue weighted by molar-refractivity contribution is 0.282. The van der Waals surface area contributed by atoms with E-state index in [4.69, 9.17) is 34.8 Å². The number of nitrogens with zero attached hydrogens (tertiary/aromatic N) is 1. The molecule has 0 saturated carbocycles. The van der Waals surface area contributed by atoms with Crippen LogP contribution in [0.25, 0.3) is 11.3 Å². The summed E-state index contributed by atoms with van der Waals surface area (Å²) < 4.78 is 0. The summed E-state index contributed by atoms with van der Waals surface area (Å²) in [5.41, 5.74) is 2.09. The number of benzene rings is 1. The number of aliphatic hydroxyl groups is 1. The minimum atomic E-state index is -0.0962. The topological polar surface area (TPSA) is 33.1 Å². The van der Waals surface area contributed by atoms with Crippen molar-refractivity contribution in [2.75, 3.05) is 0 Å². The summed E-state index contributed by atoms with van der Waals surface area (Å²) in [6.07, 6.45) is 1.64. The zero-order chi connectivity index (χ0) is 12.4. The first kappa shape index (κ1) is 12.7. The smallest absolute Gasteiger partial charge is 0.0778 e. The lowest BCUT2D eigenvalue weighted by atomic mass is 10.1. The maximum atomic E-state index is 9.24. The average Bonchev–Trinajstić information content (AvgIpc) is 2.35. The van der Waals surface area contributed by atoms with Crippen LogP contribution in [-0.4, -0.2) is 10.1 Å². The standard InChI is InChI=1S/C12H8Cl3NO/c13-9-4-8(5-10(14)11(9)15)12-7(6-17)2-1-3-16-12/h1-5,17H,6H2. The highest BCUT2D eigenvalue weighted by atomic mass is 35.5. The first-order valence-electron chi connectivity index (χ1n) is 4.83. The van der Waals surface area contributed by atoms with E-state index in [1.165, 1.54) is 0 Å². The molecular weight excluding hydrogens is 280 g/mol. The molecule has 17 heavy (non-hydrogen) atoms. The van der Waals surface area contributed by atoms with E-state index in [2.05, 4.69) is 4.98 Å². The quantitative estimate of drug-likeness (QED) is 0.840. The second-order valence-electron chi connectivity index (χ2n) is 3.42. The Bertz CT molecular complexity index is 534. The Morgan fingerprint density at radius 2 is 1.76 bits per heavy atom. The van der Waals surface area contributed by atoms with Crippen LogP contribution in [0.15, 0.2) is 30.5 Å². The molecule has 5 heteroatoms. The zero-order valence-electron chi connectivity index (χ0n) is 8.62. The lowest BCUT2D eigenvalue weighted by Crippen LogP contribution is -1.92. The fourth-order valence-electron chi connectivity index (χ4n) is 1.52. The number of aromatic nitrogens is 1. The van der Waals surface area contributed by atoms with Crippen LogP contribution in [0, 0.1) is 0 Å². The molecule has 2 aromatic rings. The molecule has 2 nitrogen and oxygen atoms in total.